The Balaban J connectivity index is 1.28. The number of benzene rings is 4. The van der Waals surface area contributed by atoms with E-state index in [1.807, 2.05) is 72.8 Å². The number of hydrogen-bond acceptors (Lipinski definition) is 4. The smallest absolute Gasteiger partial charge is 0.166 e. The van der Waals surface area contributed by atoms with E-state index in [-0.39, 0.29) is 0 Å². The Morgan fingerprint density at radius 2 is 1.03 bits per heavy atom. The zero-order chi connectivity index (χ0) is 26.0. The molecule has 7 rings (SSSR count). The van der Waals surface area contributed by atoms with Gasteiger partial charge in [0, 0.05) is 4.88 Å². The lowest BCUT2D eigenvalue weighted by atomic mass is 9.98. The third kappa shape index (κ3) is 4.54. The molecule has 0 atom stereocenters. The van der Waals surface area contributed by atoms with E-state index >= 15 is 0 Å². The lowest BCUT2D eigenvalue weighted by molar-refractivity contribution is 1.25. The Labute approximate surface area is 231 Å². The molecule has 0 aliphatic carbocycles. The molecule has 0 amide bonds. The van der Waals surface area contributed by atoms with Crippen molar-refractivity contribution in [1.82, 2.24) is 9.97 Å². The first-order valence-corrected chi connectivity index (χ1v) is 13.6. The van der Waals surface area contributed by atoms with Gasteiger partial charge in [0.25, 0.3) is 0 Å². The van der Waals surface area contributed by atoms with Gasteiger partial charge in [0.2, 0.25) is 0 Å². The van der Waals surface area contributed by atoms with Crippen LogP contribution in [0.1, 0.15) is 16.0 Å². The second kappa shape index (κ2) is 10.1. The zero-order valence-corrected chi connectivity index (χ0v) is 21.7. The lowest BCUT2D eigenvalue weighted by Crippen LogP contribution is -2.09. The summed E-state index contributed by atoms with van der Waals surface area (Å²) in [6.45, 7) is 0. The summed E-state index contributed by atoms with van der Waals surface area (Å²) in [5.74, 6) is 1.42. The normalized spacial score (nSPS) is 13.3. The molecule has 2 aromatic heterocycles. The molecule has 3 heterocycles. The summed E-state index contributed by atoms with van der Waals surface area (Å²) in [6.07, 6.45) is 0. The molecule has 0 spiro atoms. The molecule has 5 heteroatoms. The fourth-order valence-corrected chi connectivity index (χ4v) is 5.55. The van der Waals surface area contributed by atoms with Crippen LogP contribution in [0.5, 0.6) is 0 Å². The first-order valence-electron chi connectivity index (χ1n) is 12.8. The highest BCUT2D eigenvalue weighted by atomic mass is 32.1. The lowest BCUT2D eigenvalue weighted by Gasteiger charge is -2.09. The van der Waals surface area contributed by atoms with Crippen LogP contribution >= 0.6 is 11.3 Å². The van der Waals surface area contributed by atoms with Gasteiger partial charge in [-0.15, -0.1) is 11.3 Å². The van der Waals surface area contributed by atoms with Gasteiger partial charge in [0.1, 0.15) is 0 Å². The topological polar surface area (TPSA) is 51.7 Å². The summed E-state index contributed by atoms with van der Waals surface area (Å²) in [7, 11) is 0. The second-order valence-corrected chi connectivity index (χ2v) is 10.2. The van der Waals surface area contributed by atoms with Gasteiger partial charge in [-0.05, 0) is 51.6 Å². The van der Waals surface area contributed by atoms with Gasteiger partial charge in [-0.1, -0.05) is 121 Å². The molecule has 0 saturated heterocycles. The largest absolute Gasteiger partial charge is 0.434 e. The van der Waals surface area contributed by atoms with Crippen molar-refractivity contribution in [1.29, 1.82) is 0 Å². The Kier molecular flexibility index (Phi) is 6.04. The number of imidazole rings is 1. The van der Waals surface area contributed by atoms with Crippen molar-refractivity contribution in [2.75, 3.05) is 0 Å². The van der Waals surface area contributed by atoms with Crippen molar-refractivity contribution < 1.29 is 0 Å². The van der Waals surface area contributed by atoms with Crippen LogP contribution in [0.2, 0.25) is 0 Å². The number of thiophene rings is 1. The third-order valence-electron chi connectivity index (χ3n) is 6.56. The average Bonchev–Trinajstić information content (AvgIpc) is 3.77. The molecule has 4 aromatic carbocycles. The number of amidine groups is 1. The van der Waals surface area contributed by atoms with E-state index in [9.17, 15) is 0 Å². The van der Waals surface area contributed by atoms with E-state index in [4.69, 9.17) is 20.0 Å². The first kappa shape index (κ1) is 23.3. The van der Waals surface area contributed by atoms with Crippen LogP contribution in [0.3, 0.4) is 0 Å². The quantitative estimate of drug-likeness (QED) is 0.225. The van der Waals surface area contributed by atoms with Gasteiger partial charge in [0.05, 0.1) is 10.6 Å². The van der Waals surface area contributed by atoms with Crippen molar-refractivity contribution in [3.8, 4) is 33.2 Å². The van der Waals surface area contributed by atoms with Gasteiger partial charge in [-0.25, -0.2) is 9.98 Å². The van der Waals surface area contributed by atoms with Crippen LogP contribution in [-0.4, -0.2) is 16.5 Å². The number of nitrogens with zero attached hydrogens (tertiary/aromatic N) is 4. The van der Waals surface area contributed by atoms with E-state index in [0.29, 0.717) is 11.7 Å². The van der Waals surface area contributed by atoms with Crippen LogP contribution in [-0.2, 0) is 0 Å². The van der Waals surface area contributed by atoms with E-state index in [1.165, 1.54) is 0 Å². The average molecular weight is 519 g/mol. The van der Waals surface area contributed by atoms with Crippen molar-refractivity contribution in [3.05, 3.63) is 156 Å². The Morgan fingerprint density at radius 1 is 0.487 bits per heavy atom. The number of aromatic nitrogens is 2. The van der Waals surface area contributed by atoms with Gasteiger partial charge in [-0.3, -0.25) is 0 Å². The predicted molar refractivity (Wildman–Crippen MR) is 160 cm³/mol. The molecule has 1 aliphatic heterocycles. The minimum atomic E-state index is 0.710. The van der Waals surface area contributed by atoms with Crippen LogP contribution in [0, 0.1) is 6.04 Å². The summed E-state index contributed by atoms with van der Waals surface area (Å²) in [5, 5.41) is 0. The maximum absolute atomic E-state index is 5.01. The van der Waals surface area contributed by atoms with Crippen molar-refractivity contribution in [2.24, 2.45) is 9.98 Å². The fraction of sp³-hybridized carbons (Fsp3) is 0. The minimum Gasteiger partial charge on any atom is -0.434 e. The molecule has 1 radical (unpaired) electrons. The van der Waals surface area contributed by atoms with Crippen molar-refractivity contribution >= 4 is 22.9 Å². The summed E-state index contributed by atoms with van der Waals surface area (Å²) in [4.78, 5) is 22.0. The molecule has 0 N–H and O–H groups in total. The summed E-state index contributed by atoms with van der Waals surface area (Å²) < 4.78 is 0. The molecule has 0 saturated carbocycles. The molecule has 0 unspecified atom stereocenters. The first-order chi connectivity index (χ1) is 19.3. The Hall–Kier alpha value is -4.87. The number of rotatable bonds is 6. The molecular formula is C34H22N4S-. The van der Waals surface area contributed by atoms with Gasteiger partial charge in [-0.2, -0.15) is 0 Å². The van der Waals surface area contributed by atoms with Crippen molar-refractivity contribution in [2.45, 2.75) is 0 Å². The molecule has 6 aromatic rings. The minimum absolute atomic E-state index is 0.710. The van der Waals surface area contributed by atoms with E-state index in [0.717, 1.165) is 55.1 Å². The number of aliphatic imine (C=N–C) groups is 2. The fourth-order valence-electron chi connectivity index (χ4n) is 4.67. The number of hydrogen-bond donors (Lipinski definition) is 0. The third-order valence-corrected chi connectivity index (χ3v) is 7.63. The molecule has 0 fully saturated rings. The van der Waals surface area contributed by atoms with E-state index in [1.54, 1.807) is 11.3 Å². The molecule has 39 heavy (non-hydrogen) atoms. The Morgan fingerprint density at radius 3 is 1.67 bits per heavy atom. The maximum atomic E-state index is 5.01. The van der Waals surface area contributed by atoms with Crippen LogP contribution in [0.4, 0.5) is 0 Å². The molecule has 185 valence electrons. The predicted octanol–water partition coefficient (Wildman–Crippen LogP) is 7.93. The van der Waals surface area contributed by atoms with E-state index in [2.05, 4.69) is 60.7 Å². The van der Waals surface area contributed by atoms with Crippen LogP contribution < -0.4 is 4.98 Å². The molecule has 4 nitrogen and oxygen atoms in total. The Bertz CT molecular complexity index is 1730. The summed E-state index contributed by atoms with van der Waals surface area (Å²) >= 11 is 1.61. The summed E-state index contributed by atoms with van der Waals surface area (Å²) in [6, 6.07) is 46.0. The highest BCUT2D eigenvalue weighted by Gasteiger charge is 2.28. The van der Waals surface area contributed by atoms with Crippen LogP contribution in [0.25, 0.3) is 33.2 Å². The maximum Gasteiger partial charge on any atom is 0.166 e. The van der Waals surface area contributed by atoms with E-state index < -0.39 is 0 Å². The summed E-state index contributed by atoms with van der Waals surface area (Å²) in [5.41, 5.74) is 6.84. The van der Waals surface area contributed by atoms with Crippen molar-refractivity contribution in [3.63, 3.8) is 0 Å². The van der Waals surface area contributed by atoms with Crippen LogP contribution in [0.15, 0.2) is 143 Å². The van der Waals surface area contributed by atoms with Gasteiger partial charge >= 0.3 is 0 Å². The van der Waals surface area contributed by atoms with Gasteiger partial charge < -0.3 is 9.97 Å². The second-order valence-electron chi connectivity index (χ2n) is 9.12. The highest BCUT2D eigenvalue weighted by Crippen LogP contribution is 2.36. The monoisotopic (exact) mass is 518 g/mol. The SMILES string of the molecule is c1ccc([C]2N=C(c3ccc(-c4nc(-c5ccccc5)c(-c5ccccc5)[n-]4)s3)N=C2c2ccccc2)cc1. The van der Waals surface area contributed by atoms with Gasteiger partial charge in [0.15, 0.2) is 11.9 Å². The highest BCUT2D eigenvalue weighted by molar-refractivity contribution is 7.17. The zero-order valence-electron chi connectivity index (χ0n) is 20.9. The molecule has 0 bridgehead atoms. The standard InChI is InChI=1S/C34H22N4S/c1-5-13-23(14-6-1)29-30(24-15-7-2-8-16-24)36-33(35-29)27-21-22-28(39-27)34-37-31(25-17-9-3-10-18-25)32(38-34)26-19-11-4-12-20-26/h1-22H/q-1. The molecular weight excluding hydrogens is 496 g/mol. The molecule has 1 aliphatic rings.